The zero-order chi connectivity index (χ0) is 28.1. The molecule has 4 heterocycles. The molecule has 1 aromatic carbocycles. The summed E-state index contributed by atoms with van der Waals surface area (Å²) >= 11 is 2.64. The summed E-state index contributed by atoms with van der Waals surface area (Å²) in [7, 11) is -1.77. The Kier molecular flexibility index (Phi) is 6.95. The van der Waals surface area contributed by atoms with Gasteiger partial charge in [0.25, 0.3) is 10.0 Å². The SMILES string of the molecule is CSc1nsc(NC(=O)N2CC3(CCC(N(C)c4ncnc5c4ccn5S(=O)(=O)c4ccc(C)cc4)CC3)C2)n1. The quantitative estimate of drug-likeness (QED) is 0.320. The fourth-order valence-corrected chi connectivity index (χ4v) is 8.14. The summed E-state index contributed by atoms with van der Waals surface area (Å²) in [4.78, 5) is 30.1. The molecule has 1 saturated carbocycles. The molecular weight excluding hydrogens is 569 g/mol. The average Bonchev–Trinajstić information content (AvgIpc) is 3.59. The first-order chi connectivity index (χ1) is 19.2. The summed E-state index contributed by atoms with van der Waals surface area (Å²) in [6.45, 7) is 3.40. The largest absolute Gasteiger partial charge is 0.356 e. The standard InChI is InChI=1S/C26H30N8O3S3/c1-17-4-6-19(7-5-17)40(36,37)34-13-10-20-21(27-16-28-22(20)34)32(2)18-8-11-26(12-9-18)14-33(15-26)25(35)30-23-29-24(38-3)31-39-23/h4-7,10,13,16,18H,8-9,11-12,14-15H2,1-3H3,(H,29,30,31,35). The van der Waals surface area contributed by atoms with Crippen LogP contribution in [0.15, 0.2) is 52.9 Å². The summed E-state index contributed by atoms with van der Waals surface area (Å²) in [5, 5.41) is 4.75. The smallest absolute Gasteiger partial charge is 0.323 e. The lowest BCUT2D eigenvalue weighted by atomic mass is 9.67. The fraction of sp³-hybridized carbons (Fsp3) is 0.423. The minimum Gasteiger partial charge on any atom is -0.356 e. The number of urea groups is 1. The van der Waals surface area contributed by atoms with E-state index in [4.69, 9.17) is 0 Å². The van der Waals surface area contributed by atoms with Gasteiger partial charge < -0.3 is 9.80 Å². The summed E-state index contributed by atoms with van der Waals surface area (Å²) in [6.07, 6.45) is 8.85. The van der Waals surface area contributed by atoms with Crippen molar-refractivity contribution in [3.8, 4) is 0 Å². The topological polar surface area (TPSA) is 126 Å². The third-order valence-electron chi connectivity index (χ3n) is 8.05. The van der Waals surface area contributed by atoms with Gasteiger partial charge in [0.15, 0.2) is 5.65 Å². The predicted molar refractivity (Wildman–Crippen MR) is 157 cm³/mol. The number of carbonyl (C=O) groups excluding carboxylic acids is 1. The van der Waals surface area contributed by atoms with Gasteiger partial charge in [-0.25, -0.2) is 27.2 Å². The molecule has 4 aromatic rings. The Hall–Kier alpha value is -3.23. The van der Waals surface area contributed by atoms with Gasteiger partial charge in [0, 0.05) is 49.3 Å². The van der Waals surface area contributed by atoms with E-state index >= 15 is 0 Å². The number of fused-ring (bicyclic) bond motifs is 1. The Morgan fingerprint density at radius 3 is 2.55 bits per heavy atom. The van der Waals surface area contributed by atoms with E-state index in [2.05, 4.69) is 29.5 Å². The van der Waals surface area contributed by atoms with Crippen LogP contribution in [-0.2, 0) is 10.0 Å². The summed E-state index contributed by atoms with van der Waals surface area (Å²) in [5.41, 5.74) is 1.50. The van der Waals surface area contributed by atoms with E-state index in [0.29, 0.717) is 21.3 Å². The number of nitrogens with one attached hydrogen (secondary N) is 1. The first-order valence-electron chi connectivity index (χ1n) is 13.0. The van der Waals surface area contributed by atoms with Crippen LogP contribution in [0.5, 0.6) is 0 Å². The first-order valence-corrected chi connectivity index (χ1v) is 16.4. The van der Waals surface area contributed by atoms with E-state index in [0.717, 1.165) is 50.2 Å². The number of likely N-dealkylation sites (tertiary alicyclic amines) is 1. The van der Waals surface area contributed by atoms with Gasteiger partial charge in [-0.05, 0) is 57.1 Å². The number of benzene rings is 1. The first kappa shape index (κ1) is 27.0. The molecule has 210 valence electrons. The minimum absolute atomic E-state index is 0.123. The number of aryl methyl sites for hydroxylation is 1. The maximum absolute atomic E-state index is 13.4. The third-order valence-corrected chi connectivity index (χ3v) is 11.0. The van der Waals surface area contributed by atoms with Crippen LogP contribution in [0.1, 0.15) is 31.2 Å². The maximum atomic E-state index is 13.4. The lowest BCUT2D eigenvalue weighted by molar-refractivity contribution is 0.000958. The lowest BCUT2D eigenvalue weighted by Gasteiger charge is -2.54. The van der Waals surface area contributed by atoms with E-state index < -0.39 is 10.0 Å². The van der Waals surface area contributed by atoms with Gasteiger partial charge in [0.05, 0.1) is 10.3 Å². The summed E-state index contributed by atoms with van der Waals surface area (Å²) in [6, 6.07) is 8.72. The second-order valence-corrected chi connectivity index (χ2v) is 13.9. The molecule has 1 aliphatic carbocycles. The van der Waals surface area contributed by atoms with Crippen molar-refractivity contribution >= 4 is 61.3 Å². The van der Waals surface area contributed by atoms with Gasteiger partial charge in [-0.15, -0.1) is 0 Å². The number of rotatable bonds is 6. The molecule has 0 atom stereocenters. The van der Waals surface area contributed by atoms with Crippen molar-refractivity contribution in [2.24, 2.45) is 5.41 Å². The molecule has 3 aromatic heterocycles. The highest BCUT2D eigenvalue weighted by molar-refractivity contribution is 7.98. The van der Waals surface area contributed by atoms with Crippen molar-refractivity contribution in [3.05, 3.63) is 48.4 Å². The number of hydrogen-bond acceptors (Lipinski definition) is 10. The van der Waals surface area contributed by atoms with E-state index in [-0.39, 0.29) is 22.4 Å². The number of carbonyl (C=O) groups is 1. The van der Waals surface area contributed by atoms with Gasteiger partial charge in [0.1, 0.15) is 12.1 Å². The Bertz CT molecular complexity index is 1650. The Morgan fingerprint density at radius 1 is 1.15 bits per heavy atom. The molecule has 2 fully saturated rings. The van der Waals surface area contributed by atoms with Crippen LogP contribution in [0.3, 0.4) is 0 Å². The van der Waals surface area contributed by atoms with Crippen molar-refractivity contribution < 1.29 is 13.2 Å². The van der Waals surface area contributed by atoms with E-state index in [9.17, 15) is 13.2 Å². The van der Waals surface area contributed by atoms with E-state index in [1.54, 1.807) is 36.5 Å². The van der Waals surface area contributed by atoms with Crippen LogP contribution in [0, 0.1) is 12.3 Å². The average molecular weight is 599 g/mol. The molecule has 2 aliphatic rings. The van der Waals surface area contributed by atoms with Gasteiger partial charge in [-0.3, -0.25) is 5.32 Å². The van der Waals surface area contributed by atoms with Crippen LogP contribution < -0.4 is 10.2 Å². The number of aromatic nitrogens is 5. The van der Waals surface area contributed by atoms with Gasteiger partial charge in [-0.2, -0.15) is 9.36 Å². The summed E-state index contributed by atoms with van der Waals surface area (Å²) in [5.74, 6) is 0.722. The van der Waals surface area contributed by atoms with Crippen LogP contribution in [0.25, 0.3) is 11.0 Å². The highest BCUT2D eigenvalue weighted by Gasteiger charge is 2.47. The molecule has 40 heavy (non-hydrogen) atoms. The molecule has 1 saturated heterocycles. The van der Waals surface area contributed by atoms with Crippen LogP contribution in [0.4, 0.5) is 15.7 Å². The van der Waals surface area contributed by atoms with E-state index in [1.807, 2.05) is 25.1 Å². The van der Waals surface area contributed by atoms with Crippen LogP contribution in [-0.4, -0.2) is 75.1 Å². The number of amides is 2. The van der Waals surface area contributed by atoms with Crippen LogP contribution in [0.2, 0.25) is 0 Å². The highest BCUT2D eigenvalue weighted by atomic mass is 32.2. The summed E-state index contributed by atoms with van der Waals surface area (Å²) < 4.78 is 32.1. The second-order valence-electron chi connectivity index (χ2n) is 10.6. The number of hydrogen-bond donors (Lipinski definition) is 1. The van der Waals surface area contributed by atoms with Gasteiger partial charge >= 0.3 is 6.03 Å². The highest BCUT2D eigenvalue weighted by Crippen LogP contribution is 2.45. The Balaban J connectivity index is 1.11. The lowest BCUT2D eigenvalue weighted by Crippen LogP contribution is -2.61. The number of nitrogens with zero attached hydrogens (tertiary/aromatic N) is 7. The van der Waals surface area contributed by atoms with Crippen molar-refractivity contribution in [1.29, 1.82) is 0 Å². The minimum atomic E-state index is -3.79. The van der Waals surface area contributed by atoms with Crippen molar-refractivity contribution in [2.45, 2.75) is 48.7 Å². The third kappa shape index (κ3) is 4.81. The Morgan fingerprint density at radius 2 is 1.88 bits per heavy atom. The zero-order valence-corrected chi connectivity index (χ0v) is 24.9. The number of anilines is 2. The Labute approximate surface area is 241 Å². The normalized spacial score (nSPS) is 17.2. The molecule has 11 nitrogen and oxygen atoms in total. The molecule has 0 bridgehead atoms. The maximum Gasteiger partial charge on any atom is 0.323 e. The van der Waals surface area contributed by atoms with Crippen molar-refractivity contribution in [3.63, 3.8) is 0 Å². The number of thioether (sulfide) groups is 1. The van der Waals surface area contributed by atoms with Crippen molar-refractivity contribution in [1.82, 2.24) is 28.2 Å². The molecule has 6 rings (SSSR count). The van der Waals surface area contributed by atoms with Crippen LogP contribution >= 0.6 is 23.3 Å². The molecule has 1 N–H and O–H groups in total. The molecular formula is C26H30N8O3S3. The van der Waals surface area contributed by atoms with E-state index in [1.165, 1.54) is 33.6 Å². The molecule has 0 unspecified atom stereocenters. The molecule has 0 radical (unpaired) electrons. The van der Waals surface area contributed by atoms with Gasteiger partial charge in [-0.1, -0.05) is 29.5 Å². The molecule has 2 amide bonds. The monoisotopic (exact) mass is 598 g/mol. The second kappa shape index (κ2) is 10.3. The van der Waals surface area contributed by atoms with Gasteiger partial charge in [0.2, 0.25) is 10.3 Å². The zero-order valence-electron chi connectivity index (χ0n) is 22.4. The fourth-order valence-electron chi connectivity index (χ4n) is 5.73. The van der Waals surface area contributed by atoms with Crippen molar-refractivity contribution in [2.75, 3.05) is 36.6 Å². The molecule has 1 spiro atoms. The predicted octanol–water partition coefficient (Wildman–Crippen LogP) is 4.46. The molecule has 1 aliphatic heterocycles. The molecule has 14 heteroatoms.